The van der Waals surface area contributed by atoms with E-state index in [0.717, 1.165) is 42.3 Å². The Labute approximate surface area is 165 Å². The fourth-order valence-corrected chi connectivity index (χ4v) is 4.80. The number of rotatable bonds is 4. The van der Waals surface area contributed by atoms with Crippen molar-refractivity contribution in [1.82, 2.24) is 0 Å². The lowest BCUT2D eigenvalue weighted by molar-refractivity contribution is 0.0681. The number of hydrogen-bond acceptors (Lipinski definition) is 3. The van der Waals surface area contributed by atoms with Crippen LogP contribution in [0.4, 0.5) is 5.69 Å². The molecule has 2 heterocycles. The van der Waals surface area contributed by atoms with Gasteiger partial charge in [-0.05, 0) is 54.5 Å². The van der Waals surface area contributed by atoms with Gasteiger partial charge in [-0.2, -0.15) is 0 Å². The van der Waals surface area contributed by atoms with Gasteiger partial charge in [0, 0.05) is 17.5 Å². The Bertz CT molecular complexity index is 842. The molecule has 27 heavy (non-hydrogen) atoms. The molecule has 0 radical (unpaired) electrons. The van der Waals surface area contributed by atoms with Crippen LogP contribution in [0.15, 0.2) is 54.6 Å². The summed E-state index contributed by atoms with van der Waals surface area (Å²) in [6.45, 7) is 1.47. The lowest BCUT2D eigenvalue weighted by Gasteiger charge is -2.38. The van der Waals surface area contributed by atoms with E-state index in [0.29, 0.717) is 18.4 Å². The van der Waals surface area contributed by atoms with Crippen LogP contribution in [0, 0.1) is 5.92 Å². The Balaban J connectivity index is 1.46. The predicted molar refractivity (Wildman–Crippen MR) is 109 cm³/mol. The summed E-state index contributed by atoms with van der Waals surface area (Å²) in [5, 5.41) is 4.57. The lowest BCUT2D eigenvalue weighted by atomic mass is 9.77. The summed E-state index contributed by atoms with van der Waals surface area (Å²) in [7, 11) is 0. The van der Waals surface area contributed by atoms with Crippen molar-refractivity contribution in [1.29, 1.82) is 0 Å². The molecule has 4 heteroatoms. The molecule has 0 bridgehead atoms. The number of halogens is 1. The molecule has 4 unspecified atom stereocenters. The highest BCUT2D eigenvalue weighted by atomic mass is 35.5. The van der Waals surface area contributed by atoms with Crippen LogP contribution in [0.1, 0.15) is 42.3 Å². The van der Waals surface area contributed by atoms with Crippen LogP contribution in [0.25, 0.3) is 0 Å². The van der Waals surface area contributed by atoms with E-state index in [1.807, 2.05) is 12.1 Å². The first-order valence-electron chi connectivity index (χ1n) is 9.85. The van der Waals surface area contributed by atoms with Gasteiger partial charge in [0.1, 0.15) is 12.4 Å². The van der Waals surface area contributed by atoms with Gasteiger partial charge in [0.15, 0.2) is 0 Å². The maximum absolute atomic E-state index is 6.21. The Morgan fingerprint density at radius 1 is 1.15 bits per heavy atom. The maximum Gasteiger partial charge on any atom is 0.142 e. The van der Waals surface area contributed by atoms with Gasteiger partial charge in [-0.15, -0.1) is 0 Å². The highest BCUT2D eigenvalue weighted by molar-refractivity contribution is 6.30. The second-order valence-corrected chi connectivity index (χ2v) is 8.13. The first-order chi connectivity index (χ1) is 13.3. The van der Waals surface area contributed by atoms with E-state index in [1.54, 1.807) is 0 Å². The fourth-order valence-electron chi connectivity index (χ4n) is 4.67. The summed E-state index contributed by atoms with van der Waals surface area (Å²) >= 11 is 6.11. The van der Waals surface area contributed by atoms with Gasteiger partial charge >= 0.3 is 0 Å². The number of ether oxygens (including phenoxy) is 2. The first-order valence-corrected chi connectivity index (χ1v) is 10.2. The third-order valence-electron chi connectivity index (χ3n) is 6.04. The molecule has 140 valence electrons. The van der Waals surface area contributed by atoms with Crippen LogP contribution in [-0.2, 0) is 4.74 Å². The molecule has 1 aliphatic carbocycles. The topological polar surface area (TPSA) is 30.5 Å². The molecule has 5 rings (SSSR count). The van der Waals surface area contributed by atoms with E-state index >= 15 is 0 Å². The quantitative estimate of drug-likeness (QED) is 0.686. The van der Waals surface area contributed by atoms with E-state index in [2.05, 4.69) is 47.8 Å². The van der Waals surface area contributed by atoms with Gasteiger partial charge in [-0.1, -0.05) is 48.0 Å². The molecule has 1 N–H and O–H groups in total. The van der Waals surface area contributed by atoms with Crippen LogP contribution in [0.2, 0.25) is 5.02 Å². The number of fused-ring (bicyclic) bond motifs is 3. The molecule has 2 aliphatic heterocycles. The van der Waals surface area contributed by atoms with Crippen molar-refractivity contribution in [3.8, 4) is 5.75 Å². The van der Waals surface area contributed by atoms with Crippen molar-refractivity contribution >= 4 is 17.3 Å². The molecule has 2 aromatic carbocycles. The zero-order valence-corrected chi connectivity index (χ0v) is 16.0. The van der Waals surface area contributed by atoms with E-state index in [1.165, 1.54) is 11.1 Å². The second kappa shape index (κ2) is 7.21. The summed E-state index contributed by atoms with van der Waals surface area (Å²) in [6, 6.07) is 14.9. The summed E-state index contributed by atoms with van der Waals surface area (Å²) in [6.07, 6.45) is 8.20. The molecular weight excluding hydrogens is 358 g/mol. The van der Waals surface area contributed by atoms with Crippen molar-refractivity contribution in [2.75, 3.05) is 18.5 Å². The Kier molecular flexibility index (Phi) is 4.58. The van der Waals surface area contributed by atoms with E-state index in [9.17, 15) is 0 Å². The Morgan fingerprint density at radius 3 is 2.85 bits per heavy atom. The molecule has 2 aromatic rings. The third kappa shape index (κ3) is 3.24. The highest BCUT2D eigenvalue weighted by Gasteiger charge is 2.39. The predicted octanol–water partition coefficient (Wildman–Crippen LogP) is 5.72. The molecule has 0 amide bonds. The van der Waals surface area contributed by atoms with E-state index in [4.69, 9.17) is 21.1 Å². The number of anilines is 1. The van der Waals surface area contributed by atoms with E-state index < -0.39 is 0 Å². The average Bonchev–Trinajstić information content (AvgIpc) is 3.38. The molecule has 3 aliphatic rings. The van der Waals surface area contributed by atoms with Crippen molar-refractivity contribution in [3.63, 3.8) is 0 Å². The SMILES string of the molecule is Clc1ccc(C2Nc3c(OCC4CCCO4)cccc3C3C=CCC32)cc1. The second-order valence-electron chi connectivity index (χ2n) is 7.69. The summed E-state index contributed by atoms with van der Waals surface area (Å²) in [5.74, 6) is 1.88. The molecule has 3 nitrogen and oxygen atoms in total. The van der Waals surface area contributed by atoms with Crippen molar-refractivity contribution in [3.05, 3.63) is 70.8 Å². The number of allylic oxidation sites excluding steroid dienone is 2. The average molecular weight is 382 g/mol. The minimum Gasteiger partial charge on any atom is -0.489 e. The minimum absolute atomic E-state index is 0.218. The maximum atomic E-state index is 6.21. The highest BCUT2D eigenvalue weighted by Crippen LogP contribution is 2.52. The zero-order valence-electron chi connectivity index (χ0n) is 15.2. The molecule has 1 saturated heterocycles. The largest absolute Gasteiger partial charge is 0.489 e. The molecule has 0 saturated carbocycles. The zero-order chi connectivity index (χ0) is 18.2. The fraction of sp³-hybridized carbons (Fsp3) is 0.391. The van der Waals surface area contributed by atoms with Crippen LogP contribution in [0.5, 0.6) is 5.75 Å². The first kappa shape index (κ1) is 17.2. The summed E-state index contributed by atoms with van der Waals surface area (Å²) in [4.78, 5) is 0. The van der Waals surface area contributed by atoms with Crippen LogP contribution < -0.4 is 10.1 Å². The monoisotopic (exact) mass is 381 g/mol. The van der Waals surface area contributed by atoms with Gasteiger partial charge in [0.05, 0.1) is 17.8 Å². The van der Waals surface area contributed by atoms with Crippen LogP contribution in [-0.4, -0.2) is 19.3 Å². The van der Waals surface area contributed by atoms with Crippen LogP contribution >= 0.6 is 11.6 Å². The Morgan fingerprint density at radius 2 is 2.04 bits per heavy atom. The normalized spacial score (nSPS) is 28.5. The van der Waals surface area contributed by atoms with Crippen molar-refractivity contribution < 1.29 is 9.47 Å². The molecule has 1 fully saturated rings. The van der Waals surface area contributed by atoms with Crippen molar-refractivity contribution in [2.24, 2.45) is 5.92 Å². The number of para-hydroxylation sites is 1. The molecule has 4 atom stereocenters. The Hall–Kier alpha value is -1.97. The summed E-state index contributed by atoms with van der Waals surface area (Å²) < 4.78 is 11.9. The summed E-state index contributed by atoms with van der Waals surface area (Å²) in [5.41, 5.74) is 3.74. The molecular formula is C23H24ClNO2. The smallest absolute Gasteiger partial charge is 0.142 e. The van der Waals surface area contributed by atoms with Gasteiger partial charge < -0.3 is 14.8 Å². The molecule has 0 spiro atoms. The standard InChI is InChI=1S/C23H24ClNO2/c24-16-11-9-15(10-12-16)22-19-6-1-5-18(19)20-7-2-8-21(23(20)25-22)27-14-17-4-3-13-26-17/h1-2,5,7-12,17-19,22,25H,3-4,6,13-14H2. The number of benzene rings is 2. The number of hydrogen-bond donors (Lipinski definition) is 1. The lowest BCUT2D eigenvalue weighted by Crippen LogP contribution is -2.29. The van der Waals surface area contributed by atoms with Crippen LogP contribution in [0.3, 0.4) is 0 Å². The van der Waals surface area contributed by atoms with Gasteiger partial charge in [-0.25, -0.2) is 0 Å². The molecule has 0 aromatic heterocycles. The minimum atomic E-state index is 0.218. The number of nitrogens with one attached hydrogen (secondary N) is 1. The third-order valence-corrected chi connectivity index (χ3v) is 6.29. The van der Waals surface area contributed by atoms with Gasteiger partial charge in [0.2, 0.25) is 0 Å². The van der Waals surface area contributed by atoms with Gasteiger partial charge in [0.25, 0.3) is 0 Å². The van der Waals surface area contributed by atoms with Gasteiger partial charge in [-0.3, -0.25) is 0 Å². The van der Waals surface area contributed by atoms with Crippen molar-refractivity contribution in [2.45, 2.75) is 37.3 Å². The van der Waals surface area contributed by atoms with E-state index in [-0.39, 0.29) is 12.1 Å².